The molecular formula is C12H14BrN3O3. The molecule has 1 aromatic rings. The number of carbonyl (C=O) groups is 2. The van der Waals surface area contributed by atoms with Crippen LogP contribution in [-0.4, -0.2) is 53.0 Å². The molecule has 1 aromatic heterocycles. The van der Waals surface area contributed by atoms with E-state index in [-0.39, 0.29) is 11.5 Å². The van der Waals surface area contributed by atoms with Crippen LogP contribution in [0.25, 0.3) is 0 Å². The lowest BCUT2D eigenvalue weighted by Gasteiger charge is -2.35. The van der Waals surface area contributed by atoms with Crippen LogP contribution in [0.15, 0.2) is 16.7 Å². The van der Waals surface area contributed by atoms with E-state index < -0.39 is 5.97 Å². The number of halogens is 1. The van der Waals surface area contributed by atoms with Gasteiger partial charge in [0.15, 0.2) is 0 Å². The van der Waals surface area contributed by atoms with Crippen LogP contribution in [0, 0.1) is 0 Å². The highest BCUT2D eigenvalue weighted by molar-refractivity contribution is 9.10. The third kappa shape index (κ3) is 3.23. The van der Waals surface area contributed by atoms with E-state index in [1.165, 1.54) is 6.07 Å². The van der Waals surface area contributed by atoms with E-state index in [0.717, 1.165) is 0 Å². The Bertz CT molecular complexity index is 513. The summed E-state index contributed by atoms with van der Waals surface area (Å²) in [6.07, 6.45) is 0. The lowest BCUT2D eigenvalue weighted by atomic mass is 10.2. The van der Waals surface area contributed by atoms with E-state index in [9.17, 15) is 9.59 Å². The van der Waals surface area contributed by atoms with Gasteiger partial charge in [0.2, 0.25) is 5.91 Å². The summed E-state index contributed by atoms with van der Waals surface area (Å²) in [7, 11) is 0. The van der Waals surface area contributed by atoms with E-state index in [1.807, 2.05) is 4.90 Å². The van der Waals surface area contributed by atoms with Crippen LogP contribution in [0.1, 0.15) is 17.3 Å². The standard InChI is InChI=1S/C12H14BrN3O3/c1-8(17)15-2-4-16(5-3-15)11-7-9(12(18)19)6-10(13)14-11/h6-7H,2-5H2,1H3,(H,18,19). The molecule has 1 aliphatic rings. The first kappa shape index (κ1) is 13.8. The zero-order valence-electron chi connectivity index (χ0n) is 10.5. The van der Waals surface area contributed by atoms with Gasteiger partial charge in [-0.1, -0.05) is 0 Å². The van der Waals surface area contributed by atoms with Crippen molar-refractivity contribution in [2.24, 2.45) is 0 Å². The summed E-state index contributed by atoms with van der Waals surface area (Å²) in [5.41, 5.74) is 0.200. The maximum absolute atomic E-state index is 11.2. The van der Waals surface area contributed by atoms with E-state index in [2.05, 4.69) is 20.9 Å². The first-order chi connectivity index (χ1) is 8.97. The van der Waals surface area contributed by atoms with Gasteiger partial charge in [0.05, 0.1) is 5.56 Å². The highest BCUT2D eigenvalue weighted by Gasteiger charge is 2.20. The Morgan fingerprint density at radius 3 is 2.42 bits per heavy atom. The van der Waals surface area contributed by atoms with Crippen molar-refractivity contribution in [1.82, 2.24) is 9.88 Å². The summed E-state index contributed by atoms with van der Waals surface area (Å²) in [5.74, 6) is -0.297. The van der Waals surface area contributed by atoms with E-state index in [4.69, 9.17) is 5.11 Å². The summed E-state index contributed by atoms with van der Waals surface area (Å²) in [6, 6.07) is 3.02. The number of hydrogen-bond acceptors (Lipinski definition) is 4. The Balaban J connectivity index is 2.15. The summed E-state index contributed by atoms with van der Waals surface area (Å²) in [4.78, 5) is 30.3. The van der Waals surface area contributed by atoms with Crippen LogP contribution in [-0.2, 0) is 4.79 Å². The van der Waals surface area contributed by atoms with Gasteiger partial charge >= 0.3 is 5.97 Å². The van der Waals surface area contributed by atoms with Crippen LogP contribution < -0.4 is 4.90 Å². The molecule has 0 unspecified atom stereocenters. The van der Waals surface area contributed by atoms with Crippen LogP contribution >= 0.6 is 15.9 Å². The fraction of sp³-hybridized carbons (Fsp3) is 0.417. The third-order valence-corrected chi connectivity index (χ3v) is 3.48. The maximum atomic E-state index is 11.2. The third-order valence-electron chi connectivity index (χ3n) is 3.08. The number of carbonyl (C=O) groups excluding carboxylic acids is 1. The number of carboxylic acids is 1. The Labute approximate surface area is 119 Å². The van der Waals surface area contributed by atoms with Crippen molar-refractivity contribution in [3.63, 3.8) is 0 Å². The van der Waals surface area contributed by atoms with Crippen molar-refractivity contribution < 1.29 is 14.7 Å². The fourth-order valence-corrected chi connectivity index (χ4v) is 2.45. The number of amides is 1. The smallest absolute Gasteiger partial charge is 0.335 e. The molecule has 6 nitrogen and oxygen atoms in total. The zero-order valence-corrected chi connectivity index (χ0v) is 12.1. The number of rotatable bonds is 2. The molecular weight excluding hydrogens is 314 g/mol. The minimum atomic E-state index is -0.980. The van der Waals surface area contributed by atoms with Crippen LogP contribution in [0.4, 0.5) is 5.82 Å². The Kier molecular flexibility index (Phi) is 4.04. The van der Waals surface area contributed by atoms with Gasteiger partial charge in [0.1, 0.15) is 10.4 Å². The van der Waals surface area contributed by atoms with Gasteiger partial charge < -0.3 is 14.9 Å². The van der Waals surface area contributed by atoms with Crippen molar-refractivity contribution in [1.29, 1.82) is 0 Å². The molecule has 0 saturated carbocycles. The van der Waals surface area contributed by atoms with Crippen LogP contribution in [0.2, 0.25) is 0 Å². The molecule has 1 fully saturated rings. The second kappa shape index (κ2) is 5.56. The SMILES string of the molecule is CC(=O)N1CCN(c2cc(C(=O)O)cc(Br)n2)CC1. The molecule has 1 saturated heterocycles. The fourth-order valence-electron chi connectivity index (χ4n) is 2.02. The van der Waals surface area contributed by atoms with Gasteiger partial charge in [-0.05, 0) is 28.1 Å². The van der Waals surface area contributed by atoms with Gasteiger partial charge in [-0.25, -0.2) is 9.78 Å². The average Bonchev–Trinajstić information content (AvgIpc) is 2.38. The quantitative estimate of drug-likeness (QED) is 0.826. The predicted octanol–water partition coefficient (Wildman–Crippen LogP) is 1.21. The van der Waals surface area contributed by atoms with E-state index in [1.54, 1.807) is 17.9 Å². The van der Waals surface area contributed by atoms with Crippen LogP contribution in [0.5, 0.6) is 0 Å². The molecule has 0 radical (unpaired) electrons. The van der Waals surface area contributed by atoms with Crippen molar-refractivity contribution >= 4 is 33.6 Å². The van der Waals surface area contributed by atoms with Crippen molar-refractivity contribution in [2.75, 3.05) is 31.1 Å². The van der Waals surface area contributed by atoms with Crippen LogP contribution in [0.3, 0.4) is 0 Å². The minimum absolute atomic E-state index is 0.0630. The van der Waals surface area contributed by atoms with Crippen molar-refractivity contribution in [2.45, 2.75) is 6.92 Å². The van der Waals surface area contributed by atoms with Crippen molar-refractivity contribution in [3.8, 4) is 0 Å². The first-order valence-electron chi connectivity index (χ1n) is 5.88. The number of aromatic carboxylic acids is 1. The van der Waals surface area contributed by atoms with Gasteiger partial charge in [0.25, 0.3) is 0 Å². The molecule has 0 bridgehead atoms. The predicted molar refractivity (Wildman–Crippen MR) is 73.4 cm³/mol. The molecule has 1 N–H and O–H groups in total. The normalized spacial score (nSPS) is 15.5. The maximum Gasteiger partial charge on any atom is 0.335 e. The average molecular weight is 328 g/mol. The molecule has 102 valence electrons. The monoisotopic (exact) mass is 327 g/mol. The highest BCUT2D eigenvalue weighted by atomic mass is 79.9. The molecule has 7 heteroatoms. The number of anilines is 1. The van der Waals surface area contributed by atoms with Crippen molar-refractivity contribution in [3.05, 3.63) is 22.3 Å². The topological polar surface area (TPSA) is 73.7 Å². The highest BCUT2D eigenvalue weighted by Crippen LogP contribution is 2.20. The lowest BCUT2D eigenvalue weighted by Crippen LogP contribution is -2.48. The lowest BCUT2D eigenvalue weighted by molar-refractivity contribution is -0.129. The number of aromatic nitrogens is 1. The van der Waals surface area contributed by atoms with Gasteiger partial charge in [-0.15, -0.1) is 0 Å². The molecule has 1 aliphatic heterocycles. The summed E-state index contributed by atoms with van der Waals surface area (Å²) in [5, 5.41) is 9.03. The second-order valence-electron chi connectivity index (χ2n) is 4.34. The Hall–Kier alpha value is -1.63. The number of pyridine rings is 1. The largest absolute Gasteiger partial charge is 0.478 e. The molecule has 1 amide bonds. The molecule has 2 rings (SSSR count). The first-order valence-corrected chi connectivity index (χ1v) is 6.68. The second-order valence-corrected chi connectivity index (χ2v) is 5.15. The van der Waals surface area contributed by atoms with Gasteiger partial charge in [0, 0.05) is 33.1 Å². The zero-order chi connectivity index (χ0) is 14.0. The molecule has 0 atom stereocenters. The van der Waals surface area contributed by atoms with Gasteiger partial charge in [-0.3, -0.25) is 4.79 Å². The summed E-state index contributed by atoms with van der Waals surface area (Å²) < 4.78 is 0.497. The minimum Gasteiger partial charge on any atom is -0.478 e. The Morgan fingerprint density at radius 2 is 1.89 bits per heavy atom. The number of piperazine rings is 1. The molecule has 0 aliphatic carbocycles. The number of hydrogen-bond donors (Lipinski definition) is 1. The van der Waals surface area contributed by atoms with E-state index >= 15 is 0 Å². The molecule has 0 spiro atoms. The van der Waals surface area contributed by atoms with E-state index in [0.29, 0.717) is 36.6 Å². The molecule has 19 heavy (non-hydrogen) atoms. The summed E-state index contributed by atoms with van der Waals surface area (Å²) >= 11 is 3.22. The Morgan fingerprint density at radius 1 is 1.26 bits per heavy atom. The van der Waals surface area contributed by atoms with Gasteiger partial charge in [-0.2, -0.15) is 0 Å². The molecule has 2 heterocycles. The summed E-state index contributed by atoms with van der Waals surface area (Å²) in [6.45, 7) is 4.12. The molecule has 0 aromatic carbocycles. The number of carboxylic acid groups (broad SMARTS) is 1. The number of nitrogens with zero attached hydrogens (tertiary/aromatic N) is 3.